The van der Waals surface area contributed by atoms with Crippen LogP contribution in [0.3, 0.4) is 0 Å². The second-order valence-corrected chi connectivity index (χ2v) is 3.88. The summed E-state index contributed by atoms with van der Waals surface area (Å²) in [4.78, 5) is 28.1. The molecule has 0 aliphatic heterocycles. The van der Waals surface area contributed by atoms with Crippen molar-refractivity contribution in [3.63, 3.8) is 0 Å². The van der Waals surface area contributed by atoms with E-state index in [1.807, 2.05) is 5.09 Å². The van der Waals surface area contributed by atoms with Gasteiger partial charge in [0.1, 0.15) is 0 Å². The summed E-state index contributed by atoms with van der Waals surface area (Å²) in [5.74, 6) is -0.749. The van der Waals surface area contributed by atoms with Gasteiger partial charge in [-0.1, -0.05) is 12.1 Å². The summed E-state index contributed by atoms with van der Waals surface area (Å²) < 4.78 is 10.6. The summed E-state index contributed by atoms with van der Waals surface area (Å²) in [7, 11) is -4.41. The lowest BCUT2D eigenvalue weighted by molar-refractivity contribution is 0.100. The second-order valence-electron chi connectivity index (χ2n) is 2.57. The third-order valence-corrected chi connectivity index (χ3v) is 1.99. The number of amides is 1. The molecule has 7 heteroatoms. The summed E-state index contributed by atoms with van der Waals surface area (Å²) in [6, 6.07) is 5.81. The Labute approximate surface area is 80.0 Å². The number of benzene rings is 1. The molecule has 0 aromatic heterocycles. The molecule has 14 heavy (non-hydrogen) atoms. The molecule has 1 amide bonds. The fraction of sp³-hybridized carbons (Fsp3) is 0. The molecule has 0 saturated heterocycles. The number of nitrogens with two attached hydrogens (primary N) is 1. The zero-order chi connectivity index (χ0) is 10.8. The van der Waals surface area contributed by atoms with Gasteiger partial charge in [0, 0.05) is 0 Å². The molecule has 0 radical (unpaired) electrons. The average Bonchev–Trinajstić information content (AvgIpc) is 2.01. The molecular formula is C7H9N2O4P. The maximum Gasteiger partial charge on any atom is 0.427 e. The monoisotopic (exact) mass is 216 g/mol. The van der Waals surface area contributed by atoms with Crippen LogP contribution < -0.4 is 10.8 Å². The number of rotatable bonds is 3. The minimum Gasteiger partial charge on any atom is -0.366 e. The van der Waals surface area contributed by atoms with Crippen molar-refractivity contribution in [2.75, 3.05) is 5.09 Å². The van der Waals surface area contributed by atoms with Crippen LogP contribution in [0.15, 0.2) is 24.3 Å². The highest BCUT2D eigenvalue weighted by atomic mass is 31.2. The first kappa shape index (κ1) is 10.7. The summed E-state index contributed by atoms with van der Waals surface area (Å²) in [6.45, 7) is 0. The van der Waals surface area contributed by atoms with E-state index >= 15 is 0 Å². The SMILES string of the molecule is NC(=O)c1ccccc1NP(=O)(O)O. The Bertz CT molecular complexity index is 400. The quantitative estimate of drug-likeness (QED) is 0.542. The molecular weight excluding hydrogens is 207 g/mol. The Morgan fingerprint density at radius 3 is 2.43 bits per heavy atom. The summed E-state index contributed by atoms with van der Waals surface area (Å²) >= 11 is 0. The van der Waals surface area contributed by atoms with Crippen LogP contribution in [-0.4, -0.2) is 15.7 Å². The molecule has 0 saturated carbocycles. The van der Waals surface area contributed by atoms with Crippen molar-refractivity contribution in [1.29, 1.82) is 0 Å². The van der Waals surface area contributed by atoms with Gasteiger partial charge in [0.2, 0.25) is 0 Å². The number of carbonyl (C=O) groups excluding carboxylic acids is 1. The molecule has 1 rings (SSSR count). The number of carbonyl (C=O) groups is 1. The van der Waals surface area contributed by atoms with Crippen molar-refractivity contribution in [3.05, 3.63) is 29.8 Å². The molecule has 0 aliphatic carbocycles. The van der Waals surface area contributed by atoms with E-state index < -0.39 is 13.7 Å². The first-order valence-electron chi connectivity index (χ1n) is 3.63. The molecule has 0 spiro atoms. The predicted molar refractivity (Wildman–Crippen MR) is 50.6 cm³/mol. The van der Waals surface area contributed by atoms with Crippen LogP contribution in [0.25, 0.3) is 0 Å². The van der Waals surface area contributed by atoms with Crippen molar-refractivity contribution in [3.8, 4) is 0 Å². The van der Waals surface area contributed by atoms with Gasteiger partial charge in [-0.25, -0.2) is 4.57 Å². The fourth-order valence-electron chi connectivity index (χ4n) is 0.952. The molecule has 5 N–H and O–H groups in total. The molecule has 6 nitrogen and oxygen atoms in total. The van der Waals surface area contributed by atoms with Crippen LogP contribution in [0.5, 0.6) is 0 Å². The van der Waals surface area contributed by atoms with Crippen LogP contribution in [-0.2, 0) is 4.57 Å². The lowest BCUT2D eigenvalue weighted by Gasteiger charge is -2.10. The normalized spacial score (nSPS) is 11.0. The third-order valence-electron chi connectivity index (χ3n) is 1.46. The molecule has 0 atom stereocenters. The van der Waals surface area contributed by atoms with E-state index in [9.17, 15) is 9.36 Å². The van der Waals surface area contributed by atoms with E-state index in [1.54, 1.807) is 6.07 Å². The minimum absolute atomic E-state index is 0.0216. The van der Waals surface area contributed by atoms with E-state index in [2.05, 4.69) is 0 Å². The number of para-hydroxylation sites is 1. The van der Waals surface area contributed by atoms with Gasteiger partial charge in [-0.2, -0.15) is 0 Å². The van der Waals surface area contributed by atoms with E-state index in [1.165, 1.54) is 18.2 Å². The molecule has 0 heterocycles. The predicted octanol–water partition coefficient (Wildman–Crippen LogP) is 0.290. The Morgan fingerprint density at radius 1 is 1.36 bits per heavy atom. The van der Waals surface area contributed by atoms with Gasteiger partial charge in [-0.05, 0) is 12.1 Å². The number of hydrogen-bond acceptors (Lipinski definition) is 2. The van der Waals surface area contributed by atoms with Gasteiger partial charge in [0.15, 0.2) is 0 Å². The first-order chi connectivity index (χ1) is 6.40. The zero-order valence-electron chi connectivity index (χ0n) is 7.04. The van der Waals surface area contributed by atoms with Crippen molar-refractivity contribution in [1.82, 2.24) is 0 Å². The molecule has 76 valence electrons. The van der Waals surface area contributed by atoms with E-state index in [0.29, 0.717) is 0 Å². The summed E-state index contributed by atoms with van der Waals surface area (Å²) in [5, 5.41) is 1.90. The molecule has 0 bridgehead atoms. The number of hydrogen-bond donors (Lipinski definition) is 4. The van der Waals surface area contributed by atoms with Crippen molar-refractivity contribution < 1.29 is 19.1 Å². The smallest absolute Gasteiger partial charge is 0.366 e. The highest BCUT2D eigenvalue weighted by Gasteiger charge is 2.16. The minimum atomic E-state index is -4.41. The van der Waals surface area contributed by atoms with Crippen molar-refractivity contribution in [2.45, 2.75) is 0 Å². The molecule has 1 aromatic rings. The van der Waals surface area contributed by atoms with Gasteiger partial charge in [0.25, 0.3) is 5.91 Å². The van der Waals surface area contributed by atoms with E-state index in [0.717, 1.165) is 0 Å². The maximum atomic E-state index is 10.8. The van der Waals surface area contributed by atoms with Gasteiger partial charge < -0.3 is 15.5 Å². The lowest BCUT2D eigenvalue weighted by atomic mass is 10.2. The topological polar surface area (TPSA) is 113 Å². The van der Waals surface area contributed by atoms with Crippen LogP contribution in [0, 0.1) is 0 Å². The van der Waals surface area contributed by atoms with Crippen molar-refractivity contribution >= 4 is 19.3 Å². The highest BCUT2D eigenvalue weighted by Crippen LogP contribution is 2.36. The number of anilines is 1. The molecule has 1 aromatic carbocycles. The Balaban J connectivity index is 3.08. The van der Waals surface area contributed by atoms with Crippen LogP contribution in [0.4, 0.5) is 5.69 Å². The van der Waals surface area contributed by atoms with Gasteiger partial charge in [-0.3, -0.25) is 9.88 Å². The summed E-state index contributed by atoms with van der Waals surface area (Å²) in [6.07, 6.45) is 0. The Kier molecular flexibility index (Phi) is 2.90. The van der Waals surface area contributed by atoms with E-state index in [-0.39, 0.29) is 11.3 Å². The molecule has 0 unspecified atom stereocenters. The maximum absolute atomic E-state index is 10.8. The fourth-order valence-corrected chi connectivity index (χ4v) is 1.46. The van der Waals surface area contributed by atoms with Crippen molar-refractivity contribution in [2.24, 2.45) is 5.73 Å². The van der Waals surface area contributed by atoms with Crippen LogP contribution in [0.1, 0.15) is 10.4 Å². The lowest BCUT2D eigenvalue weighted by Crippen LogP contribution is -2.13. The third kappa shape index (κ3) is 2.85. The standard InChI is InChI=1S/C7H9N2O4P/c8-7(10)5-3-1-2-4-6(5)9-14(11,12)13/h1-4H,(H2,8,10)(H3,9,11,12,13). The molecule has 0 fully saturated rings. The van der Waals surface area contributed by atoms with Crippen LogP contribution >= 0.6 is 7.75 Å². The zero-order valence-corrected chi connectivity index (χ0v) is 7.94. The highest BCUT2D eigenvalue weighted by molar-refractivity contribution is 7.53. The van der Waals surface area contributed by atoms with E-state index in [4.69, 9.17) is 15.5 Å². The van der Waals surface area contributed by atoms with Gasteiger partial charge >= 0.3 is 7.75 Å². The van der Waals surface area contributed by atoms with Crippen LogP contribution in [0.2, 0.25) is 0 Å². The number of nitrogens with one attached hydrogen (secondary N) is 1. The Hall–Kier alpha value is -1.36. The number of primary amides is 1. The largest absolute Gasteiger partial charge is 0.427 e. The first-order valence-corrected chi connectivity index (χ1v) is 5.24. The molecule has 0 aliphatic rings. The summed E-state index contributed by atoms with van der Waals surface area (Å²) in [5.41, 5.74) is 5.06. The Morgan fingerprint density at radius 2 is 1.93 bits per heavy atom. The average molecular weight is 216 g/mol. The van der Waals surface area contributed by atoms with Gasteiger partial charge in [0.05, 0.1) is 11.3 Å². The second kappa shape index (κ2) is 3.79. The van der Waals surface area contributed by atoms with Gasteiger partial charge in [-0.15, -0.1) is 0 Å².